The summed E-state index contributed by atoms with van der Waals surface area (Å²) in [7, 11) is 1.44. The maximum Gasteiger partial charge on any atom is 0.266 e. The van der Waals surface area contributed by atoms with Crippen molar-refractivity contribution in [1.29, 1.82) is 5.26 Å². The molecule has 2 N–H and O–H groups in total. The molecule has 160 valence electrons. The topological polar surface area (TPSA) is 108 Å². The normalized spacial score (nSPS) is 18.1. The van der Waals surface area contributed by atoms with E-state index in [1.807, 2.05) is 6.07 Å². The lowest BCUT2D eigenvalue weighted by atomic mass is 9.82. The van der Waals surface area contributed by atoms with Gasteiger partial charge in [-0.3, -0.25) is 19.7 Å². The molecule has 0 bridgehead atoms. The number of likely N-dealkylation sites (N-methyl/N-ethyl adjacent to an activating group) is 1. The zero-order valence-corrected chi connectivity index (χ0v) is 17.4. The van der Waals surface area contributed by atoms with Gasteiger partial charge in [-0.25, -0.2) is 13.8 Å². The number of aliphatic imine (C=N–C) groups is 1. The number of hydrogen-bond donors (Lipinski definition) is 1. The van der Waals surface area contributed by atoms with Gasteiger partial charge < -0.3 is 5.73 Å². The Morgan fingerprint density at radius 1 is 1.06 bits per heavy atom. The maximum atomic E-state index is 13.4. The molecule has 3 heterocycles. The van der Waals surface area contributed by atoms with E-state index in [9.17, 15) is 18.8 Å². The SMILES string of the molecule is CN1C(=O)C(c2cc(Cl)cc(-c3cncc(C#N)c3)c2)(c2cncc(C(F)F)c2)N=C1N. The van der Waals surface area contributed by atoms with Crippen molar-refractivity contribution in [2.45, 2.75) is 12.0 Å². The van der Waals surface area contributed by atoms with E-state index < -0.39 is 17.9 Å². The second kappa shape index (κ2) is 7.98. The molecule has 10 heteroatoms. The highest BCUT2D eigenvalue weighted by Gasteiger charge is 2.50. The van der Waals surface area contributed by atoms with Crippen LogP contribution in [0.3, 0.4) is 0 Å². The molecule has 0 saturated heterocycles. The maximum absolute atomic E-state index is 13.4. The molecular formula is C22H15ClF2N6O. The predicted octanol–water partition coefficient (Wildman–Crippen LogP) is 3.64. The molecule has 4 rings (SSSR count). The Hall–Kier alpha value is -3.90. The molecule has 3 aromatic rings. The minimum absolute atomic E-state index is 0.0767. The number of carbonyl (C=O) groups is 1. The summed E-state index contributed by atoms with van der Waals surface area (Å²) >= 11 is 6.38. The minimum atomic E-state index is -2.79. The van der Waals surface area contributed by atoms with Crippen molar-refractivity contribution in [3.05, 3.63) is 82.4 Å². The first-order chi connectivity index (χ1) is 15.3. The van der Waals surface area contributed by atoms with Crippen LogP contribution in [0.5, 0.6) is 0 Å². The van der Waals surface area contributed by atoms with E-state index in [4.69, 9.17) is 17.3 Å². The smallest absolute Gasteiger partial charge is 0.266 e. The predicted molar refractivity (Wildman–Crippen MR) is 114 cm³/mol. The Bertz CT molecular complexity index is 1310. The van der Waals surface area contributed by atoms with Crippen molar-refractivity contribution in [2.75, 3.05) is 7.05 Å². The molecule has 0 fully saturated rings. The van der Waals surface area contributed by atoms with E-state index in [0.717, 1.165) is 11.1 Å². The number of aromatic nitrogens is 2. The monoisotopic (exact) mass is 452 g/mol. The Kier molecular flexibility index (Phi) is 5.32. The minimum Gasteiger partial charge on any atom is -0.369 e. The quantitative estimate of drug-likeness (QED) is 0.650. The summed E-state index contributed by atoms with van der Waals surface area (Å²) < 4.78 is 26.8. The summed E-state index contributed by atoms with van der Waals surface area (Å²) in [5.41, 5.74) is 5.76. The molecular weight excluding hydrogens is 438 g/mol. The number of nitrogens with two attached hydrogens (primary N) is 1. The van der Waals surface area contributed by atoms with Crippen molar-refractivity contribution >= 4 is 23.5 Å². The largest absolute Gasteiger partial charge is 0.369 e. The van der Waals surface area contributed by atoms with Crippen LogP contribution in [-0.2, 0) is 10.3 Å². The third-order valence-electron chi connectivity index (χ3n) is 5.19. The van der Waals surface area contributed by atoms with Crippen molar-refractivity contribution in [3.8, 4) is 17.2 Å². The van der Waals surface area contributed by atoms with E-state index in [1.54, 1.807) is 24.4 Å². The zero-order valence-electron chi connectivity index (χ0n) is 16.6. The van der Waals surface area contributed by atoms with Gasteiger partial charge in [0.1, 0.15) is 6.07 Å². The molecule has 32 heavy (non-hydrogen) atoms. The van der Waals surface area contributed by atoms with Crippen molar-refractivity contribution in [2.24, 2.45) is 10.7 Å². The molecule has 1 amide bonds. The van der Waals surface area contributed by atoms with Gasteiger partial charge in [-0.1, -0.05) is 11.6 Å². The molecule has 0 radical (unpaired) electrons. The Morgan fingerprint density at radius 2 is 1.81 bits per heavy atom. The lowest BCUT2D eigenvalue weighted by Gasteiger charge is -2.27. The number of hydrogen-bond acceptors (Lipinski definition) is 6. The molecule has 1 aromatic carbocycles. The Balaban J connectivity index is 1.98. The van der Waals surface area contributed by atoms with E-state index in [1.165, 1.54) is 31.6 Å². The van der Waals surface area contributed by atoms with Crippen LogP contribution in [-0.4, -0.2) is 33.8 Å². The van der Waals surface area contributed by atoms with Gasteiger partial charge in [0.15, 0.2) is 11.5 Å². The summed E-state index contributed by atoms with van der Waals surface area (Å²) in [5.74, 6) is -0.618. The van der Waals surface area contributed by atoms with Gasteiger partial charge >= 0.3 is 0 Å². The number of alkyl halides is 2. The third-order valence-corrected chi connectivity index (χ3v) is 5.40. The number of carbonyl (C=O) groups excluding carboxylic acids is 1. The second-order valence-corrected chi connectivity index (χ2v) is 7.59. The number of halogens is 3. The van der Waals surface area contributed by atoms with Gasteiger partial charge in [0, 0.05) is 53.5 Å². The van der Waals surface area contributed by atoms with Gasteiger partial charge in [-0.05, 0) is 41.5 Å². The first kappa shape index (κ1) is 21.3. The molecule has 2 aromatic heterocycles. The number of amides is 1. The number of benzene rings is 1. The number of guanidine groups is 1. The Labute approximate surface area is 186 Å². The third kappa shape index (κ3) is 3.44. The van der Waals surface area contributed by atoms with E-state index >= 15 is 0 Å². The fraction of sp³-hybridized carbons (Fsp3) is 0.136. The van der Waals surface area contributed by atoms with Crippen LogP contribution >= 0.6 is 11.6 Å². The second-order valence-electron chi connectivity index (χ2n) is 7.15. The molecule has 0 saturated carbocycles. The number of rotatable bonds is 4. The van der Waals surface area contributed by atoms with Gasteiger partial charge in [-0.15, -0.1) is 0 Å². The molecule has 7 nitrogen and oxygen atoms in total. The summed E-state index contributed by atoms with van der Waals surface area (Å²) in [6.07, 6.45) is 2.50. The Morgan fingerprint density at radius 3 is 2.47 bits per heavy atom. The molecule has 0 aliphatic carbocycles. The van der Waals surface area contributed by atoms with Crippen LogP contribution < -0.4 is 5.73 Å². The summed E-state index contributed by atoms with van der Waals surface area (Å²) in [6.45, 7) is 0. The van der Waals surface area contributed by atoms with E-state index in [2.05, 4.69) is 15.0 Å². The summed E-state index contributed by atoms with van der Waals surface area (Å²) in [4.78, 5) is 26.9. The highest BCUT2D eigenvalue weighted by atomic mass is 35.5. The lowest BCUT2D eigenvalue weighted by Crippen LogP contribution is -2.41. The molecule has 1 unspecified atom stereocenters. The van der Waals surface area contributed by atoms with Gasteiger partial charge in [0.2, 0.25) is 0 Å². The summed E-state index contributed by atoms with van der Waals surface area (Å²) in [6, 6.07) is 9.63. The molecule has 1 aliphatic rings. The van der Waals surface area contributed by atoms with Crippen LogP contribution in [0.25, 0.3) is 11.1 Å². The summed E-state index contributed by atoms with van der Waals surface area (Å²) in [5, 5.41) is 9.45. The number of nitrogens with zero attached hydrogens (tertiary/aromatic N) is 5. The van der Waals surface area contributed by atoms with Crippen LogP contribution in [0.4, 0.5) is 8.78 Å². The molecule has 1 aliphatic heterocycles. The first-order valence-corrected chi connectivity index (χ1v) is 9.67. The first-order valence-electron chi connectivity index (χ1n) is 9.30. The van der Waals surface area contributed by atoms with Crippen LogP contribution in [0.2, 0.25) is 5.02 Å². The van der Waals surface area contributed by atoms with Crippen LogP contribution in [0, 0.1) is 11.3 Å². The van der Waals surface area contributed by atoms with Crippen molar-refractivity contribution in [3.63, 3.8) is 0 Å². The van der Waals surface area contributed by atoms with Gasteiger partial charge in [-0.2, -0.15) is 5.26 Å². The number of nitriles is 1. The molecule has 1 atom stereocenters. The lowest BCUT2D eigenvalue weighted by molar-refractivity contribution is -0.129. The van der Waals surface area contributed by atoms with E-state index in [-0.39, 0.29) is 22.1 Å². The average Bonchev–Trinajstić information content (AvgIpc) is 3.03. The van der Waals surface area contributed by atoms with Crippen LogP contribution in [0.1, 0.15) is 28.7 Å². The van der Waals surface area contributed by atoms with Gasteiger partial charge in [0.05, 0.1) is 5.56 Å². The fourth-order valence-electron chi connectivity index (χ4n) is 3.58. The van der Waals surface area contributed by atoms with E-state index in [0.29, 0.717) is 22.3 Å². The van der Waals surface area contributed by atoms with Crippen LogP contribution in [0.15, 0.2) is 60.1 Å². The van der Waals surface area contributed by atoms with Crippen molar-refractivity contribution in [1.82, 2.24) is 14.9 Å². The van der Waals surface area contributed by atoms with Gasteiger partial charge in [0.25, 0.3) is 12.3 Å². The highest BCUT2D eigenvalue weighted by Crippen LogP contribution is 2.42. The molecule has 0 spiro atoms. The standard InChI is InChI=1S/C22H15ClF2N6O/c1-31-20(32)22(30-21(31)27,17-4-15(19(24)25)10-29-11-17)16-3-13(5-18(23)6-16)14-2-12(7-26)8-28-9-14/h2-6,8-11,19H,1H3,(H2,27,30). The average molecular weight is 453 g/mol. The zero-order chi connectivity index (χ0) is 23.0. The fourth-order valence-corrected chi connectivity index (χ4v) is 3.82. The number of pyridine rings is 2. The highest BCUT2D eigenvalue weighted by molar-refractivity contribution is 6.31. The van der Waals surface area contributed by atoms with Crippen molar-refractivity contribution < 1.29 is 13.6 Å².